The zero-order valence-corrected chi connectivity index (χ0v) is 13.0. The molecular formula is C17H33NO2. The summed E-state index contributed by atoms with van der Waals surface area (Å²) in [4.78, 5) is 0. The molecule has 3 heteroatoms. The molecule has 1 unspecified atom stereocenters. The minimum Gasteiger partial charge on any atom is -0.389 e. The standard InChI is InChI=1S/C17H33NO2/c19-16(14-20-17-11-7-4-8-12-17)13-18-15-9-5-2-1-3-6-10-15/h15-19H,1-14H2. The molecule has 0 aromatic carbocycles. The predicted octanol–water partition coefficient (Wildman–Crippen LogP) is 3.40. The number of nitrogens with one attached hydrogen (secondary N) is 1. The van der Waals surface area contributed by atoms with Crippen LogP contribution in [0.15, 0.2) is 0 Å². The van der Waals surface area contributed by atoms with Crippen molar-refractivity contribution >= 4 is 0 Å². The van der Waals surface area contributed by atoms with Crippen LogP contribution < -0.4 is 5.32 Å². The Morgan fingerprint density at radius 2 is 1.40 bits per heavy atom. The molecule has 2 rings (SSSR count). The van der Waals surface area contributed by atoms with Gasteiger partial charge in [0.25, 0.3) is 0 Å². The largest absolute Gasteiger partial charge is 0.389 e. The Morgan fingerprint density at radius 3 is 2.10 bits per heavy atom. The maximum Gasteiger partial charge on any atom is 0.0897 e. The molecule has 0 radical (unpaired) electrons. The molecule has 0 bridgehead atoms. The quantitative estimate of drug-likeness (QED) is 0.785. The van der Waals surface area contributed by atoms with Crippen LogP contribution in [-0.2, 0) is 4.74 Å². The van der Waals surface area contributed by atoms with Crippen molar-refractivity contribution in [2.75, 3.05) is 13.2 Å². The minimum absolute atomic E-state index is 0.345. The van der Waals surface area contributed by atoms with Crippen LogP contribution in [0.2, 0.25) is 0 Å². The molecule has 0 aromatic heterocycles. The Morgan fingerprint density at radius 1 is 0.850 bits per heavy atom. The second-order valence-electron chi connectivity index (χ2n) is 6.70. The number of ether oxygens (including phenoxy) is 1. The number of hydrogen-bond acceptors (Lipinski definition) is 3. The highest BCUT2D eigenvalue weighted by Gasteiger charge is 2.17. The van der Waals surface area contributed by atoms with Gasteiger partial charge in [-0.15, -0.1) is 0 Å². The van der Waals surface area contributed by atoms with Crippen molar-refractivity contribution in [3.05, 3.63) is 0 Å². The van der Waals surface area contributed by atoms with Gasteiger partial charge in [0.1, 0.15) is 0 Å². The van der Waals surface area contributed by atoms with Gasteiger partial charge in [0.15, 0.2) is 0 Å². The molecule has 3 nitrogen and oxygen atoms in total. The van der Waals surface area contributed by atoms with Gasteiger partial charge < -0.3 is 15.2 Å². The van der Waals surface area contributed by atoms with Gasteiger partial charge in [-0.1, -0.05) is 51.4 Å². The molecule has 0 amide bonds. The average Bonchev–Trinajstić information content (AvgIpc) is 2.45. The maximum absolute atomic E-state index is 10.0. The first-order valence-corrected chi connectivity index (χ1v) is 8.87. The lowest BCUT2D eigenvalue weighted by atomic mass is 9.96. The van der Waals surface area contributed by atoms with Crippen molar-refractivity contribution in [1.82, 2.24) is 5.32 Å². The van der Waals surface area contributed by atoms with Gasteiger partial charge in [0.2, 0.25) is 0 Å². The molecule has 0 aliphatic heterocycles. The molecule has 0 spiro atoms. The van der Waals surface area contributed by atoms with E-state index in [-0.39, 0.29) is 6.10 Å². The van der Waals surface area contributed by atoms with Crippen LogP contribution in [0.4, 0.5) is 0 Å². The van der Waals surface area contributed by atoms with E-state index in [1.165, 1.54) is 77.0 Å². The van der Waals surface area contributed by atoms with Gasteiger partial charge in [-0.2, -0.15) is 0 Å². The number of aliphatic hydroxyl groups excluding tert-OH is 1. The van der Waals surface area contributed by atoms with Gasteiger partial charge in [-0.05, 0) is 25.7 Å². The summed E-state index contributed by atoms with van der Waals surface area (Å²) in [5, 5.41) is 13.6. The van der Waals surface area contributed by atoms with Crippen LogP contribution in [0.25, 0.3) is 0 Å². The Labute approximate surface area is 124 Å². The summed E-state index contributed by atoms with van der Waals surface area (Å²) >= 11 is 0. The first-order valence-electron chi connectivity index (χ1n) is 8.87. The van der Waals surface area contributed by atoms with E-state index >= 15 is 0 Å². The summed E-state index contributed by atoms with van der Waals surface area (Å²) in [6.07, 6.45) is 15.8. The van der Waals surface area contributed by atoms with E-state index in [0.717, 1.165) is 0 Å². The van der Waals surface area contributed by atoms with Gasteiger partial charge in [0, 0.05) is 12.6 Å². The monoisotopic (exact) mass is 283 g/mol. The zero-order chi connectivity index (χ0) is 14.0. The molecule has 2 N–H and O–H groups in total. The molecule has 0 saturated heterocycles. The van der Waals surface area contributed by atoms with Gasteiger partial charge >= 0.3 is 0 Å². The molecule has 118 valence electrons. The summed E-state index contributed by atoms with van der Waals surface area (Å²) in [6.45, 7) is 1.20. The van der Waals surface area contributed by atoms with E-state index in [4.69, 9.17) is 4.74 Å². The Kier molecular flexibility index (Phi) is 7.92. The van der Waals surface area contributed by atoms with Crippen LogP contribution in [0.3, 0.4) is 0 Å². The van der Waals surface area contributed by atoms with Gasteiger partial charge in [-0.3, -0.25) is 0 Å². The van der Waals surface area contributed by atoms with Crippen LogP contribution in [0.5, 0.6) is 0 Å². The van der Waals surface area contributed by atoms with Crippen LogP contribution in [0, 0.1) is 0 Å². The first-order chi connectivity index (χ1) is 9.84. The average molecular weight is 283 g/mol. The van der Waals surface area contributed by atoms with E-state index in [2.05, 4.69) is 5.32 Å². The summed E-state index contributed by atoms with van der Waals surface area (Å²) < 4.78 is 5.84. The molecule has 2 aliphatic carbocycles. The fraction of sp³-hybridized carbons (Fsp3) is 1.00. The molecule has 0 aromatic rings. The van der Waals surface area contributed by atoms with E-state index in [1.54, 1.807) is 0 Å². The summed E-state index contributed by atoms with van der Waals surface area (Å²) in [6, 6.07) is 0.611. The lowest BCUT2D eigenvalue weighted by molar-refractivity contribution is -0.0237. The summed E-state index contributed by atoms with van der Waals surface area (Å²) in [5.74, 6) is 0. The highest BCUT2D eigenvalue weighted by Crippen LogP contribution is 2.20. The van der Waals surface area contributed by atoms with E-state index < -0.39 is 0 Å². The Hall–Kier alpha value is -0.120. The zero-order valence-electron chi connectivity index (χ0n) is 13.0. The number of hydrogen-bond donors (Lipinski definition) is 2. The fourth-order valence-corrected chi connectivity index (χ4v) is 3.50. The van der Waals surface area contributed by atoms with Crippen LogP contribution in [-0.4, -0.2) is 36.5 Å². The van der Waals surface area contributed by atoms with Crippen molar-refractivity contribution in [3.63, 3.8) is 0 Å². The second-order valence-corrected chi connectivity index (χ2v) is 6.70. The normalized spacial score (nSPS) is 25.1. The van der Waals surface area contributed by atoms with Crippen molar-refractivity contribution in [2.45, 2.75) is 95.3 Å². The SMILES string of the molecule is OC(CNC1CCCCCCC1)COC1CCCCC1. The minimum atomic E-state index is -0.345. The molecule has 1 atom stereocenters. The van der Waals surface area contributed by atoms with Crippen molar-refractivity contribution in [1.29, 1.82) is 0 Å². The van der Waals surface area contributed by atoms with Gasteiger partial charge in [-0.25, -0.2) is 0 Å². The van der Waals surface area contributed by atoms with Crippen LogP contribution in [0.1, 0.15) is 77.0 Å². The highest BCUT2D eigenvalue weighted by atomic mass is 16.5. The van der Waals surface area contributed by atoms with Crippen molar-refractivity contribution < 1.29 is 9.84 Å². The first kappa shape index (κ1) is 16.3. The number of aliphatic hydroxyl groups is 1. The van der Waals surface area contributed by atoms with Crippen LogP contribution >= 0.6 is 0 Å². The molecule has 20 heavy (non-hydrogen) atoms. The van der Waals surface area contributed by atoms with E-state index in [1.807, 2.05) is 0 Å². The highest BCUT2D eigenvalue weighted by molar-refractivity contribution is 4.72. The molecule has 2 saturated carbocycles. The lowest BCUT2D eigenvalue weighted by Crippen LogP contribution is -2.38. The summed E-state index contributed by atoms with van der Waals surface area (Å²) in [7, 11) is 0. The molecule has 2 fully saturated rings. The van der Waals surface area contributed by atoms with E-state index in [9.17, 15) is 5.11 Å². The Bertz CT molecular complexity index is 233. The third-order valence-corrected chi connectivity index (χ3v) is 4.82. The topological polar surface area (TPSA) is 41.5 Å². The fourth-order valence-electron chi connectivity index (χ4n) is 3.50. The smallest absolute Gasteiger partial charge is 0.0897 e. The molecule has 0 heterocycles. The second kappa shape index (κ2) is 9.75. The summed E-state index contributed by atoms with van der Waals surface area (Å²) in [5.41, 5.74) is 0. The third kappa shape index (κ3) is 6.55. The van der Waals surface area contributed by atoms with Crippen molar-refractivity contribution in [3.8, 4) is 0 Å². The van der Waals surface area contributed by atoms with E-state index in [0.29, 0.717) is 25.3 Å². The number of rotatable bonds is 6. The predicted molar refractivity (Wildman–Crippen MR) is 82.9 cm³/mol. The maximum atomic E-state index is 10.0. The molecule has 2 aliphatic rings. The third-order valence-electron chi connectivity index (χ3n) is 4.82. The molecular weight excluding hydrogens is 250 g/mol. The Balaban J connectivity index is 1.55. The van der Waals surface area contributed by atoms with Gasteiger partial charge in [0.05, 0.1) is 18.8 Å². The van der Waals surface area contributed by atoms with Crippen molar-refractivity contribution in [2.24, 2.45) is 0 Å². The lowest BCUT2D eigenvalue weighted by Gasteiger charge is -2.25.